The van der Waals surface area contributed by atoms with E-state index in [2.05, 4.69) is 0 Å². The molecule has 4 nitrogen and oxygen atoms in total. The average Bonchev–Trinajstić information content (AvgIpc) is 2.46. The smallest absolute Gasteiger partial charge is 0.273 e. The summed E-state index contributed by atoms with van der Waals surface area (Å²) in [6.07, 6.45) is 0. The Morgan fingerprint density at radius 1 is 1.20 bits per heavy atom. The summed E-state index contributed by atoms with van der Waals surface area (Å²) in [5.74, 6) is 0.884. The molecule has 0 aliphatic rings. The first kappa shape index (κ1) is 14.3. The Morgan fingerprint density at radius 2 is 1.95 bits per heavy atom. The number of halogens is 1. The Balaban J connectivity index is 1.79. The lowest BCUT2D eigenvalue weighted by Gasteiger charge is -2.05. The van der Waals surface area contributed by atoms with Gasteiger partial charge in [0, 0.05) is 16.7 Å². The second-order valence-electron chi connectivity index (χ2n) is 3.91. The molecule has 0 saturated heterocycles. The summed E-state index contributed by atoms with van der Waals surface area (Å²) in [4.78, 5) is 11.1. The van der Waals surface area contributed by atoms with E-state index < -0.39 is 4.92 Å². The van der Waals surface area contributed by atoms with Gasteiger partial charge in [-0.05, 0) is 30.3 Å². The van der Waals surface area contributed by atoms with Crippen molar-refractivity contribution in [3.63, 3.8) is 0 Å². The fourth-order valence-corrected chi connectivity index (χ4v) is 2.27. The van der Waals surface area contributed by atoms with Crippen molar-refractivity contribution in [2.45, 2.75) is 4.90 Å². The highest BCUT2D eigenvalue weighted by atomic mass is 32.2. The monoisotopic (exact) mass is 293 g/mol. The Bertz CT molecular complexity index is 589. The van der Waals surface area contributed by atoms with Crippen LogP contribution in [0.5, 0.6) is 5.75 Å². The molecule has 0 atom stereocenters. The van der Waals surface area contributed by atoms with Crippen molar-refractivity contribution in [3.8, 4) is 5.75 Å². The van der Waals surface area contributed by atoms with Gasteiger partial charge in [0.15, 0.2) is 0 Å². The highest BCUT2D eigenvalue weighted by Crippen LogP contribution is 2.21. The molecule has 0 aliphatic carbocycles. The Kier molecular flexibility index (Phi) is 4.95. The van der Waals surface area contributed by atoms with Crippen molar-refractivity contribution in [2.75, 3.05) is 12.4 Å². The van der Waals surface area contributed by atoms with Crippen LogP contribution >= 0.6 is 11.8 Å². The number of ether oxygens (including phenoxy) is 1. The summed E-state index contributed by atoms with van der Waals surface area (Å²) in [5.41, 5.74) is 0.00804. The lowest BCUT2D eigenvalue weighted by atomic mass is 10.3. The Hall–Kier alpha value is -2.08. The van der Waals surface area contributed by atoms with Gasteiger partial charge >= 0.3 is 0 Å². The van der Waals surface area contributed by atoms with Gasteiger partial charge in [-0.15, -0.1) is 11.8 Å². The van der Waals surface area contributed by atoms with Crippen LogP contribution in [0.15, 0.2) is 53.4 Å². The summed E-state index contributed by atoms with van der Waals surface area (Å²) in [6, 6.07) is 12.3. The summed E-state index contributed by atoms with van der Waals surface area (Å²) in [7, 11) is 0. The zero-order valence-electron chi connectivity index (χ0n) is 10.5. The van der Waals surface area contributed by atoms with Crippen LogP contribution in [-0.2, 0) is 0 Å². The van der Waals surface area contributed by atoms with Crippen molar-refractivity contribution >= 4 is 17.4 Å². The van der Waals surface area contributed by atoms with Crippen molar-refractivity contribution in [2.24, 2.45) is 0 Å². The predicted molar refractivity (Wildman–Crippen MR) is 75.7 cm³/mol. The molecule has 0 aliphatic heterocycles. The molecule has 20 heavy (non-hydrogen) atoms. The van der Waals surface area contributed by atoms with E-state index in [9.17, 15) is 14.5 Å². The molecule has 104 valence electrons. The molecule has 0 heterocycles. The number of thioether (sulfide) groups is 1. The Morgan fingerprint density at radius 3 is 2.65 bits per heavy atom. The predicted octanol–water partition coefficient (Wildman–Crippen LogP) is 3.91. The van der Waals surface area contributed by atoms with Crippen LogP contribution < -0.4 is 4.74 Å². The van der Waals surface area contributed by atoms with E-state index in [-0.39, 0.29) is 11.5 Å². The quantitative estimate of drug-likeness (QED) is 0.351. The molecule has 2 aromatic carbocycles. The van der Waals surface area contributed by atoms with Gasteiger partial charge in [-0.1, -0.05) is 6.07 Å². The zero-order valence-corrected chi connectivity index (χ0v) is 11.3. The van der Waals surface area contributed by atoms with E-state index in [1.54, 1.807) is 24.3 Å². The average molecular weight is 293 g/mol. The molecule has 0 N–H and O–H groups in total. The zero-order chi connectivity index (χ0) is 14.4. The van der Waals surface area contributed by atoms with E-state index in [0.29, 0.717) is 18.1 Å². The van der Waals surface area contributed by atoms with Gasteiger partial charge in [-0.2, -0.15) is 0 Å². The number of hydrogen-bond acceptors (Lipinski definition) is 4. The van der Waals surface area contributed by atoms with Gasteiger partial charge in [0.2, 0.25) is 0 Å². The van der Waals surface area contributed by atoms with Gasteiger partial charge in [0.25, 0.3) is 5.69 Å². The van der Waals surface area contributed by atoms with E-state index >= 15 is 0 Å². The standard InChI is InChI=1S/C14H12FNO3S/c15-11-4-6-14(7-5-11)20-9-8-19-13-3-1-2-12(10-13)16(17)18/h1-7,10H,8-9H2. The molecule has 0 radical (unpaired) electrons. The van der Waals surface area contributed by atoms with Gasteiger partial charge in [0.1, 0.15) is 11.6 Å². The van der Waals surface area contributed by atoms with E-state index in [1.807, 2.05) is 0 Å². The van der Waals surface area contributed by atoms with Crippen LogP contribution in [0.2, 0.25) is 0 Å². The summed E-state index contributed by atoms with van der Waals surface area (Å²) in [6.45, 7) is 0.420. The maximum atomic E-state index is 12.7. The maximum Gasteiger partial charge on any atom is 0.273 e. The molecule has 0 unspecified atom stereocenters. The third-order valence-electron chi connectivity index (χ3n) is 2.46. The maximum absolute atomic E-state index is 12.7. The number of hydrogen-bond donors (Lipinski definition) is 0. The van der Waals surface area contributed by atoms with Crippen LogP contribution in [0.4, 0.5) is 10.1 Å². The normalized spacial score (nSPS) is 10.2. The fourth-order valence-electron chi connectivity index (χ4n) is 1.54. The minimum Gasteiger partial charge on any atom is -0.492 e. The lowest BCUT2D eigenvalue weighted by Crippen LogP contribution is -2.00. The Labute approximate surface area is 119 Å². The van der Waals surface area contributed by atoms with Gasteiger partial charge in [-0.3, -0.25) is 10.1 Å². The second kappa shape index (κ2) is 6.91. The first-order chi connectivity index (χ1) is 9.65. The van der Waals surface area contributed by atoms with E-state index in [0.717, 1.165) is 4.90 Å². The van der Waals surface area contributed by atoms with Crippen molar-refractivity contribution < 1.29 is 14.1 Å². The summed E-state index contributed by atoms with van der Waals surface area (Å²) >= 11 is 1.53. The molecule has 2 aromatic rings. The van der Waals surface area contributed by atoms with Crippen molar-refractivity contribution in [1.29, 1.82) is 0 Å². The molecule has 0 saturated carbocycles. The first-order valence-corrected chi connectivity index (χ1v) is 6.89. The fraction of sp³-hybridized carbons (Fsp3) is 0.143. The lowest BCUT2D eigenvalue weighted by molar-refractivity contribution is -0.384. The molecule has 0 amide bonds. The molecule has 6 heteroatoms. The number of nitro groups is 1. The van der Waals surface area contributed by atoms with Gasteiger partial charge < -0.3 is 4.74 Å². The minimum atomic E-state index is -0.458. The van der Waals surface area contributed by atoms with Crippen molar-refractivity contribution in [3.05, 3.63) is 64.5 Å². The van der Waals surface area contributed by atoms with Crippen molar-refractivity contribution in [1.82, 2.24) is 0 Å². The molecular formula is C14H12FNO3S. The molecular weight excluding hydrogens is 281 g/mol. The summed E-state index contributed by atoms with van der Waals surface area (Å²) in [5, 5.41) is 10.6. The number of rotatable bonds is 6. The van der Waals surface area contributed by atoms with Crippen LogP contribution in [-0.4, -0.2) is 17.3 Å². The first-order valence-electron chi connectivity index (χ1n) is 5.91. The highest BCUT2D eigenvalue weighted by molar-refractivity contribution is 7.99. The highest BCUT2D eigenvalue weighted by Gasteiger charge is 2.06. The molecule has 0 bridgehead atoms. The third-order valence-corrected chi connectivity index (χ3v) is 3.44. The van der Waals surface area contributed by atoms with Crippen LogP contribution in [0.25, 0.3) is 0 Å². The largest absolute Gasteiger partial charge is 0.492 e. The van der Waals surface area contributed by atoms with Crippen LogP contribution in [0, 0.1) is 15.9 Å². The molecule has 2 rings (SSSR count). The van der Waals surface area contributed by atoms with Crippen LogP contribution in [0.3, 0.4) is 0 Å². The minimum absolute atomic E-state index is 0.00804. The van der Waals surface area contributed by atoms with Crippen LogP contribution in [0.1, 0.15) is 0 Å². The number of nitrogens with zero attached hydrogens (tertiary/aromatic N) is 1. The van der Waals surface area contributed by atoms with E-state index in [1.165, 1.54) is 36.0 Å². The summed E-state index contributed by atoms with van der Waals surface area (Å²) < 4.78 is 18.2. The SMILES string of the molecule is O=[N+]([O-])c1cccc(OCCSc2ccc(F)cc2)c1. The second-order valence-corrected chi connectivity index (χ2v) is 5.07. The number of benzene rings is 2. The van der Waals surface area contributed by atoms with E-state index in [4.69, 9.17) is 4.74 Å². The third kappa shape index (κ3) is 4.24. The number of non-ortho nitro benzene ring substituents is 1. The van der Waals surface area contributed by atoms with Gasteiger partial charge in [0.05, 0.1) is 17.6 Å². The molecule has 0 aromatic heterocycles. The molecule has 0 spiro atoms. The number of nitro benzene ring substituents is 1. The topological polar surface area (TPSA) is 52.4 Å². The molecule has 0 fully saturated rings. The van der Waals surface area contributed by atoms with Gasteiger partial charge in [-0.25, -0.2) is 4.39 Å².